The van der Waals surface area contributed by atoms with Crippen LogP contribution in [-0.2, 0) is 9.53 Å². The molecule has 2 heterocycles. The first-order chi connectivity index (χ1) is 14.4. The van der Waals surface area contributed by atoms with Crippen molar-refractivity contribution >= 4 is 29.2 Å². The Hall–Kier alpha value is -3.26. The van der Waals surface area contributed by atoms with Gasteiger partial charge < -0.3 is 19.6 Å². The molecule has 8 heteroatoms. The van der Waals surface area contributed by atoms with Crippen LogP contribution in [0.15, 0.2) is 47.5 Å². The number of amides is 3. The molecule has 3 amide bonds. The summed E-state index contributed by atoms with van der Waals surface area (Å²) in [6, 6.07) is 7.29. The average Bonchev–Trinajstić information content (AvgIpc) is 3.41. The molecule has 1 aromatic carbocycles. The predicted octanol–water partition coefficient (Wildman–Crippen LogP) is 1.41. The summed E-state index contributed by atoms with van der Waals surface area (Å²) < 4.78 is 5.13. The summed E-state index contributed by atoms with van der Waals surface area (Å²) in [5.41, 5.74) is 1.83. The fourth-order valence-electron chi connectivity index (χ4n) is 3.93. The Morgan fingerprint density at radius 2 is 1.70 bits per heavy atom. The number of benzene rings is 1. The lowest BCUT2D eigenvalue weighted by Gasteiger charge is -2.35. The number of aliphatic hydroxyl groups is 1. The molecule has 1 saturated heterocycles. The van der Waals surface area contributed by atoms with Crippen LogP contribution in [0.2, 0.25) is 0 Å². The molecule has 1 aromatic rings. The van der Waals surface area contributed by atoms with Crippen LogP contribution >= 0.6 is 0 Å². The SMILES string of the molecule is O=C1N=C2C=CC(c3ccc(C(=O)N4CCN(C(=O)C5(O)CC5)CC4)cc3)=CC2O1. The Morgan fingerprint density at radius 3 is 2.37 bits per heavy atom. The van der Waals surface area contributed by atoms with Gasteiger partial charge in [-0.2, -0.15) is 4.99 Å². The minimum absolute atomic E-state index is 0.0777. The zero-order chi connectivity index (χ0) is 20.9. The first-order valence-corrected chi connectivity index (χ1v) is 10.0. The fourth-order valence-corrected chi connectivity index (χ4v) is 3.93. The predicted molar refractivity (Wildman–Crippen MR) is 108 cm³/mol. The van der Waals surface area contributed by atoms with Crippen LogP contribution in [0, 0.1) is 0 Å². The quantitative estimate of drug-likeness (QED) is 0.817. The molecular weight excluding hydrogens is 386 g/mol. The van der Waals surface area contributed by atoms with Gasteiger partial charge in [0.15, 0.2) is 6.10 Å². The second kappa shape index (κ2) is 6.91. The summed E-state index contributed by atoms with van der Waals surface area (Å²) in [6.07, 6.45) is 5.50. The van der Waals surface area contributed by atoms with Crippen molar-refractivity contribution in [2.75, 3.05) is 26.2 Å². The van der Waals surface area contributed by atoms with Gasteiger partial charge in [0.25, 0.3) is 11.8 Å². The van der Waals surface area contributed by atoms with Gasteiger partial charge in [0.2, 0.25) is 0 Å². The lowest BCUT2D eigenvalue weighted by atomic mass is 9.96. The maximum absolute atomic E-state index is 12.8. The maximum Gasteiger partial charge on any atom is 0.434 e. The summed E-state index contributed by atoms with van der Waals surface area (Å²) >= 11 is 0. The van der Waals surface area contributed by atoms with Crippen LogP contribution in [0.3, 0.4) is 0 Å². The monoisotopic (exact) mass is 407 g/mol. The van der Waals surface area contributed by atoms with Crippen LogP contribution < -0.4 is 0 Å². The van der Waals surface area contributed by atoms with Gasteiger partial charge in [0.05, 0.1) is 5.71 Å². The van der Waals surface area contributed by atoms with E-state index in [0.717, 1.165) is 11.1 Å². The third-order valence-corrected chi connectivity index (χ3v) is 5.95. The minimum atomic E-state index is -1.16. The highest BCUT2D eigenvalue weighted by Crippen LogP contribution is 2.37. The lowest BCUT2D eigenvalue weighted by Crippen LogP contribution is -2.53. The number of hydrogen-bond donors (Lipinski definition) is 1. The molecule has 0 spiro atoms. The van der Waals surface area contributed by atoms with Gasteiger partial charge in [-0.3, -0.25) is 9.59 Å². The highest BCUT2D eigenvalue weighted by molar-refractivity contribution is 6.12. The van der Waals surface area contributed by atoms with Crippen molar-refractivity contribution in [3.8, 4) is 0 Å². The molecular formula is C22H21N3O5. The lowest BCUT2D eigenvalue weighted by molar-refractivity contribution is -0.143. The Morgan fingerprint density at radius 1 is 1.03 bits per heavy atom. The molecule has 1 atom stereocenters. The highest BCUT2D eigenvalue weighted by Gasteiger charge is 2.50. The van der Waals surface area contributed by atoms with E-state index in [9.17, 15) is 19.5 Å². The Bertz CT molecular complexity index is 1010. The second-order valence-corrected chi connectivity index (χ2v) is 7.99. The van der Waals surface area contributed by atoms with Gasteiger partial charge >= 0.3 is 6.09 Å². The van der Waals surface area contributed by atoms with Gasteiger partial charge in [-0.1, -0.05) is 18.2 Å². The van der Waals surface area contributed by atoms with Crippen LogP contribution in [0.4, 0.5) is 4.79 Å². The zero-order valence-corrected chi connectivity index (χ0v) is 16.3. The van der Waals surface area contributed by atoms with E-state index in [4.69, 9.17) is 4.74 Å². The summed E-state index contributed by atoms with van der Waals surface area (Å²) in [4.78, 5) is 43.5. The Labute approximate surface area is 173 Å². The first kappa shape index (κ1) is 18.7. The molecule has 4 aliphatic rings. The van der Waals surface area contributed by atoms with Gasteiger partial charge in [0, 0.05) is 31.7 Å². The van der Waals surface area contributed by atoms with Crippen LogP contribution in [0.1, 0.15) is 28.8 Å². The molecule has 0 aromatic heterocycles. The van der Waals surface area contributed by atoms with Crippen molar-refractivity contribution in [3.63, 3.8) is 0 Å². The number of fused-ring (bicyclic) bond motifs is 1. The summed E-state index contributed by atoms with van der Waals surface area (Å²) in [7, 11) is 0. The molecule has 0 radical (unpaired) electrons. The number of hydrogen-bond acceptors (Lipinski definition) is 5. The molecule has 8 nitrogen and oxygen atoms in total. The maximum atomic E-state index is 12.8. The van der Waals surface area contributed by atoms with Crippen LogP contribution in [0.25, 0.3) is 5.57 Å². The molecule has 30 heavy (non-hydrogen) atoms. The molecule has 2 fully saturated rings. The van der Waals surface area contributed by atoms with Crippen molar-refractivity contribution in [3.05, 3.63) is 53.6 Å². The number of nitrogens with zero attached hydrogens (tertiary/aromatic N) is 3. The van der Waals surface area contributed by atoms with Gasteiger partial charge in [-0.05, 0) is 48.3 Å². The van der Waals surface area contributed by atoms with Crippen LogP contribution in [-0.4, -0.2) is 76.4 Å². The molecule has 2 aliphatic carbocycles. The largest absolute Gasteiger partial charge is 0.434 e. The number of carbonyl (C=O) groups excluding carboxylic acids is 3. The van der Waals surface area contributed by atoms with Gasteiger partial charge in [-0.25, -0.2) is 4.79 Å². The number of piperazine rings is 1. The number of aliphatic imine (C=N–C) groups is 1. The Kier molecular flexibility index (Phi) is 4.32. The summed E-state index contributed by atoms with van der Waals surface area (Å²) in [5.74, 6) is -0.292. The third kappa shape index (κ3) is 3.33. The number of carbonyl (C=O) groups is 3. The fraction of sp³-hybridized carbons (Fsp3) is 0.364. The molecule has 154 valence electrons. The molecule has 1 unspecified atom stereocenters. The molecule has 2 aliphatic heterocycles. The van der Waals surface area contributed by atoms with E-state index < -0.39 is 17.8 Å². The van der Waals surface area contributed by atoms with Gasteiger partial charge in [0.1, 0.15) is 5.60 Å². The van der Waals surface area contributed by atoms with E-state index in [1.165, 1.54) is 0 Å². The van der Waals surface area contributed by atoms with E-state index >= 15 is 0 Å². The first-order valence-electron chi connectivity index (χ1n) is 10.0. The van der Waals surface area contributed by atoms with E-state index in [-0.39, 0.29) is 11.8 Å². The third-order valence-electron chi connectivity index (χ3n) is 5.95. The summed E-state index contributed by atoms with van der Waals surface area (Å²) in [6.45, 7) is 1.77. The normalized spacial score (nSPS) is 24.0. The van der Waals surface area contributed by atoms with E-state index in [0.29, 0.717) is 50.3 Å². The zero-order valence-electron chi connectivity index (χ0n) is 16.3. The standard InChI is InChI=1S/C22H21N3O5/c26-19(24-9-11-25(12-10-24)20(27)22(29)7-8-22)15-3-1-14(2-4-15)16-5-6-17-18(13-16)30-21(28)23-17/h1-6,13,18,29H,7-12H2. The number of ether oxygens (including phenoxy) is 1. The van der Waals surface area contributed by atoms with Crippen molar-refractivity contribution in [2.45, 2.75) is 24.5 Å². The number of rotatable bonds is 3. The molecule has 1 N–H and O–H groups in total. The van der Waals surface area contributed by atoms with E-state index in [2.05, 4.69) is 4.99 Å². The Balaban J connectivity index is 1.22. The van der Waals surface area contributed by atoms with Crippen molar-refractivity contribution in [2.24, 2.45) is 4.99 Å². The topological polar surface area (TPSA) is 99.5 Å². The van der Waals surface area contributed by atoms with E-state index in [1.54, 1.807) is 28.0 Å². The highest BCUT2D eigenvalue weighted by atomic mass is 16.6. The summed E-state index contributed by atoms with van der Waals surface area (Å²) in [5, 5.41) is 9.99. The molecule has 5 rings (SSSR count). The average molecular weight is 407 g/mol. The second-order valence-electron chi connectivity index (χ2n) is 7.99. The van der Waals surface area contributed by atoms with E-state index in [1.807, 2.05) is 24.3 Å². The minimum Gasteiger partial charge on any atom is -0.434 e. The van der Waals surface area contributed by atoms with Crippen molar-refractivity contribution < 1.29 is 24.2 Å². The van der Waals surface area contributed by atoms with Crippen LogP contribution in [0.5, 0.6) is 0 Å². The van der Waals surface area contributed by atoms with Crippen molar-refractivity contribution in [1.29, 1.82) is 0 Å². The van der Waals surface area contributed by atoms with Gasteiger partial charge in [-0.15, -0.1) is 0 Å². The molecule has 1 saturated carbocycles. The molecule has 0 bridgehead atoms. The number of allylic oxidation sites excluding steroid dienone is 2. The van der Waals surface area contributed by atoms with Crippen molar-refractivity contribution in [1.82, 2.24) is 9.80 Å². The smallest absolute Gasteiger partial charge is 0.434 e.